The second-order valence-electron chi connectivity index (χ2n) is 2.58. The molecule has 0 aromatic heterocycles. The zero-order valence-corrected chi connectivity index (χ0v) is 8.59. The number of carbonyl (C=O) groups is 2. The standard InChI is InChI=1S/C8H3BrClNO2/c9-11-6-2-1-4(10)3-5(6)7(12)8(11)13/h1-3H. The maximum absolute atomic E-state index is 11.3. The number of hydrogen-bond donors (Lipinski definition) is 0. The fourth-order valence-electron chi connectivity index (χ4n) is 1.18. The molecule has 2 rings (SSSR count). The predicted molar refractivity (Wildman–Crippen MR) is 52.2 cm³/mol. The summed E-state index contributed by atoms with van der Waals surface area (Å²) in [5.41, 5.74) is 0.883. The molecule has 5 heteroatoms. The van der Waals surface area contributed by atoms with Crippen molar-refractivity contribution in [3.63, 3.8) is 0 Å². The lowest BCUT2D eigenvalue weighted by Gasteiger charge is -2.04. The van der Waals surface area contributed by atoms with Crippen molar-refractivity contribution in [2.45, 2.75) is 0 Å². The number of nitrogens with zero attached hydrogens (tertiary/aromatic N) is 1. The summed E-state index contributed by atoms with van der Waals surface area (Å²) in [5, 5.41) is 0.447. The number of hydrogen-bond acceptors (Lipinski definition) is 2. The Hall–Kier alpha value is -0.870. The first-order valence-electron chi connectivity index (χ1n) is 3.45. The van der Waals surface area contributed by atoms with Gasteiger partial charge in [-0.2, -0.15) is 0 Å². The van der Waals surface area contributed by atoms with E-state index in [4.69, 9.17) is 11.6 Å². The predicted octanol–water partition coefficient (Wildman–Crippen LogP) is 2.18. The molecule has 0 fully saturated rings. The number of Topliss-reactive ketones (excluding diaryl/α,β-unsaturated/α-hetero) is 1. The van der Waals surface area contributed by atoms with Crippen LogP contribution in [-0.2, 0) is 4.79 Å². The lowest BCUT2D eigenvalue weighted by Crippen LogP contribution is -2.19. The van der Waals surface area contributed by atoms with Gasteiger partial charge < -0.3 is 0 Å². The van der Waals surface area contributed by atoms with Gasteiger partial charge in [-0.05, 0) is 18.2 Å². The molecule has 0 unspecified atom stereocenters. The summed E-state index contributed by atoms with van der Waals surface area (Å²) >= 11 is 8.67. The van der Waals surface area contributed by atoms with Gasteiger partial charge in [0.05, 0.1) is 27.4 Å². The van der Waals surface area contributed by atoms with Crippen LogP contribution in [0.3, 0.4) is 0 Å². The van der Waals surface area contributed by atoms with E-state index in [1.807, 2.05) is 0 Å². The third kappa shape index (κ3) is 1.17. The monoisotopic (exact) mass is 259 g/mol. The van der Waals surface area contributed by atoms with Crippen molar-refractivity contribution in [3.05, 3.63) is 28.8 Å². The molecule has 1 aliphatic heterocycles. The van der Waals surface area contributed by atoms with Gasteiger partial charge in [-0.25, -0.2) is 3.93 Å². The topological polar surface area (TPSA) is 37.4 Å². The fourth-order valence-corrected chi connectivity index (χ4v) is 1.82. The van der Waals surface area contributed by atoms with Crippen molar-refractivity contribution >= 4 is 45.1 Å². The molecule has 0 bridgehead atoms. The van der Waals surface area contributed by atoms with E-state index in [1.54, 1.807) is 12.1 Å². The van der Waals surface area contributed by atoms with Gasteiger partial charge in [0.1, 0.15) is 0 Å². The maximum Gasteiger partial charge on any atom is 0.309 e. The Morgan fingerprint density at radius 1 is 1.31 bits per heavy atom. The third-order valence-electron chi connectivity index (χ3n) is 1.79. The molecule has 1 heterocycles. The van der Waals surface area contributed by atoms with E-state index in [1.165, 1.54) is 6.07 Å². The number of fused-ring (bicyclic) bond motifs is 1. The van der Waals surface area contributed by atoms with Gasteiger partial charge >= 0.3 is 5.91 Å². The van der Waals surface area contributed by atoms with Crippen molar-refractivity contribution in [1.82, 2.24) is 0 Å². The van der Waals surface area contributed by atoms with Crippen LogP contribution in [0.1, 0.15) is 10.4 Å². The number of benzene rings is 1. The van der Waals surface area contributed by atoms with Crippen LogP contribution < -0.4 is 3.93 Å². The van der Waals surface area contributed by atoms with Crippen molar-refractivity contribution in [2.75, 3.05) is 3.93 Å². The molecule has 0 N–H and O–H groups in total. The van der Waals surface area contributed by atoms with E-state index >= 15 is 0 Å². The molecule has 1 aromatic carbocycles. The molecule has 1 aliphatic rings. The van der Waals surface area contributed by atoms with Gasteiger partial charge in [-0.1, -0.05) is 11.6 Å². The molecular formula is C8H3BrClNO2. The normalized spacial score (nSPS) is 15.1. The highest BCUT2D eigenvalue weighted by Crippen LogP contribution is 2.32. The largest absolute Gasteiger partial charge is 0.309 e. The summed E-state index contributed by atoms with van der Waals surface area (Å²) < 4.78 is 1.14. The summed E-state index contributed by atoms with van der Waals surface area (Å²) in [4.78, 5) is 22.4. The van der Waals surface area contributed by atoms with Crippen LogP contribution >= 0.6 is 27.7 Å². The summed E-state index contributed by atoms with van der Waals surface area (Å²) in [6.45, 7) is 0. The lowest BCUT2D eigenvalue weighted by atomic mass is 10.1. The van der Waals surface area contributed by atoms with E-state index in [0.29, 0.717) is 16.3 Å². The Morgan fingerprint density at radius 2 is 2.00 bits per heavy atom. The average molecular weight is 260 g/mol. The van der Waals surface area contributed by atoms with Crippen LogP contribution in [-0.4, -0.2) is 11.7 Å². The van der Waals surface area contributed by atoms with Gasteiger partial charge in [-0.3, -0.25) is 9.59 Å². The number of carbonyl (C=O) groups excluding carboxylic acids is 2. The van der Waals surface area contributed by atoms with E-state index in [9.17, 15) is 9.59 Å². The Bertz CT molecular complexity index is 419. The molecular weight excluding hydrogens is 257 g/mol. The van der Waals surface area contributed by atoms with Crippen molar-refractivity contribution in [1.29, 1.82) is 0 Å². The molecule has 0 aliphatic carbocycles. The minimum Gasteiger partial charge on any atom is -0.283 e. The molecule has 13 heavy (non-hydrogen) atoms. The van der Waals surface area contributed by atoms with E-state index in [0.717, 1.165) is 3.93 Å². The number of amides is 1. The first kappa shape index (κ1) is 8.72. The summed E-state index contributed by atoms with van der Waals surface area (Å²) in [6.07, 6.45) is 0. The molecule has 66 valence electrons. The summed E-state index contributed by atoms with van der Waals surface area (Å²) in [6, 6.07) is 4.73. The van der Waals surface area contributed by atoms with Gasteiger partial charge in [0, 0.05) is 5.02 Å². The molecule has 1 amide bonds. The SMILES string of the molecule is O=C1C(=O)N(Br)c2ccc(Cl)cc21. The van der Waals surface area contributed by atoms with E-state index in [-0.39, 0.29) is 0 Å². The molecule has 0 atom stereocenters. The average Bonchev–Trinajstić information content (AvgIpc) is 2.32. The zero-order chi connectivity index (χ0) is 9.59. The first-order valence-corrected chi connectivity index (χ1v) is 4.54. The number of rotatable bonds is 0. The van der Waals surface area contributed by atoms with Crippen LogP contribution in [0.25, 0.3) is 0 Å². The number of halogens is 2. The summed E-state index contributed by atoms with van der Waals surface area (Å²) in [7, 11) is 0. The van der Waals surface area contributed by atoms with Crippen LogP contribution in [0.2, 0.25) is 5.02 Å². The Labute approximate surface area is 87.6 Å². The van der Waals surface area contributed by atoms with Crippen LogP contribution in [0.5, 0.6) is 0 Å². The van der Waals surface area contributed by atoms with Crippen molar-refractivity contribution < 1.29 is 9.59 Å². The van der Waals surface area contributed by atoms with Gasteiger partial charge in [0.25, 0.3) is 5.78 Å². The maximum atomic E-state index is 11.3. The second-order valence-corrected chi connectivity index (χ2v) is 3.72. The third-order valence-corrected chi connectivity index (χ3v) is 2.73. The van der Waals surface area contributed by atoms with E-state index < -0.39 is 11.7 Å². The first-order chi connectivity index (χ1) is 6.11. The number of ketones is 1. The van der Waals surface area contributed by atoms with Gasteiger partial charge in [0.2, 0.25) is 0 Å². The van der Waals surface area contributed by atoms with Crippen LogP contribution in [0, 0.1) is 0 Å². The Morgan fingerprint density at radius 3 is 2.69 bits per heavy atom. The lowest BCUT2D eigenvalue weighted by molar-refractivity contribution is -0.113. The molecule has 0 radical (unpaired) electrons. The van der Waals surface area contributed by atoms with Crippen molar-refractivity contribution in [3.8, 4) is 0 Å². The van der Waals surface area contributed by atoms with Gasteiger partial charge in [-0.15, -0.1) is 0 Å². The minimum atomic E-state index is -0.586. The second kappa shape index (κ2) is 2.82. The summed E-state index contributed by atoms with van der Waals surface area (Å²) in [5.74, 6) is -1.12. The van der Waals surface area contributed by atoms with Crippen molar-refractivity contribution in [2.24, 2.45) is 0 Å². The van der Waals surface area contributed by atoms with Gasteiger partial charge in [0.15, 0.2) is 0 Å². The Balaban J connectivity index is 2.67. The Kier molecular flexibility index (Phi) is 1.89. The van der Waals surface area contributed by atoms with Crippen LogP contribution in [0.15, 0.2) is 18.2 Å². The van der Waals surface area contributed by atoms with Crippen LogP contribution in [0.4, 0.5) is 5.69 Å². The zero-order valence-electron chi connectivity index (χ0n) is 6.25. The molecule has 3 nitrogen and oxygen atoms in total. The molecule has 1 aromatic rings. The number of anilines is 1. The molecule has 0 spiro atoms. The highest BCUT2D eigenvalue weighted by Gasteiger charge is 2.34. The minimum absolute atomic E-state index is 0.342. The molecule has 0 saturated heterocycles. The molecule has 0 saturated carbocycles. The quantitative estimate of drug-likeness (QED) is 0.530. The highest BCUT2D eigenvalue weighted by molar-refractivity contribution is 9.10. The smallest absolute Gasteiger partial charge is 0.283 e. The fraction of sp³-hybridized carbons (Fsp3) is 0. The highest BCUT2D eigenvalue weighted by atomic mass is 79.9. The van der Waals surface area contributed by atoms with E-state index in [2.05, 4.69) is 16.1 Å².